The van der Waals surface area contributed by atoms with Gasteiger partial charge < -0.3 is 9.64 Å². The van der Waals surface area contributed by atoms with Crippen molar-refractivity contribution in [3.63, 3.8) is 0 Å². The molecule has 0 saturated carbocycles. The number of carbonyl (C=O) groups is 1. The maximum absolute atomic E-state index is 13.4. The van der Waals surface area contributed by atoms with Gasteiger partial charge in [-0.05, 0) is 47.2 Å². The lowest BCUT2D eigenvalue weighted by Gasteiger charge is -2.21. The molecule has 0 fully saturated rings. The zero-order valence-electron chi connectivity index (χ0n) is 15.7. The average Bonchev–Trinajstić information content (AvgIpc) is 3.15. The lowest BCUT2D eigenvalue weighted by Crippen LogP contribution is -2.33. The van der Waals surface area contributed by atoms with Gasteiger partial charge in [0.25, 0.3) is 0 Å². The summed E-state index contributed by atoms with van der Waals surface area (Å²) in [5.41, 5.74) is 1.41. The van der Waals surface area contributed by atoms with Crippen molar-refractivity contribution in [2.45, 2.75) is 23.9 Å². The lowest BCUT2D eigenvalue weighted by molar-refractivity contribution is -0.129. The highest BCUT2D eigenvalue weighted by Gasteiger charge is 2.23. The molecule has 1 atom stereocenters. The Hall–Kier alpha value is -2.94. The molecule has 1 heterocycles. The van der Waals surface area contributed by atoms with E-state index in [0.717, 1.165) is 5.56 Å². The predicted octanol–water partition coefficient (Wildman–Crippen LogP) is 2.95. The minimum absolute atomic E-state index is 0.108. The normalized spacial score (nSPS) is 11.9. The Kier molecular flexibility index (Phi) is 6.25. The van der Waals surface area contributed by atoms with Gasteiger partial charge in [-0.15, -0.1) is 5.10 Å². The highest BCUT2D eigenvalue weighted by Crippen LogP contribution is 2.28. The van der Waals surface area contributed by atoms with Crippen molar-refractivity contribution in [1.29, 1.82) is 0 Å². The molecule has 0 aliphatic heterocycles. The fourth-order valence-corrected chi connectivity index (χ4v) is 3.63. The number of aromatic nitrogens is 4. The van der Waals surface area contributed by atoms with Crippen molar-refractivity contribution in [1.82, 2.24) is 25.1 Å². The smallest absolute Gasteiger partial charge is 0.235 e. The summed E-state index contributed by atoms with van der Waals surface area (Å²) in [6.07, 6.45) is 0. The van der Waals surface area contributed by atoms with Crippen LogP contribution in [0.15, 0.2) is 53.7 Å². The van der Waals surface area contributed by atoms with Gasteiger partial charge in [0.1, 0.15) is 17.3 Å². The van der Waals surface area contributed by atoms with Gasteiger partial charge in [0.05, 0.1) is 12.4 Å². The highest BCUT2D eigenvalue weighted by molar-refractivity contribution is 8.00. The maximum atomic E-state index is 13.4. The van der Waals surface area contributed by atoms with Gasteiger partial charge in [0.15, 0.2) is 0 Å². The summed E-state index contributed by atoms with van der Waals surface area (Å²) < 4.78 is 20.3. The fourth-order valence-electron chi connectivity index (χ4n) is 2.71. The third kappa shape index (κ3) is 4.48. The molecule has 9 heteroatoms. The summed E-state index contributed by atoms with van der Waals surface area (Å²) in [4.78, 5) is 14.3. The van der Waals surface area contributed by atoms with Gasteiger partial charge in [-0.2, -0.15) is 4.68 Å². The Morgan fingerprint density at radius 1 is 1.29 bits per heavy atom. The molecule has 0 bridgehead atoms. The lowest BCUT2D eigenvalue weighted by atomic mass is 10.2. The molecular weight excluding hydrogens is 381 g/mol. The van der Waals surface area contributed by atoms with Crippen LogP contribution in [0, 0.1) is 5.82 Å². The van der Waals surface area contributed by atoms with Gasteiger partial charge in [-0.1, -0.05) is 36.0 Å². The second-order valence-electron chi connectivity index (χ2n) is 6.13. The quantitative estimate of drug-likeness (QED) is 0.567. The number of hydrogen-bond acceptors (Lipinski definition) is 6. The minimum Gasteiger partial charge on any atom is -0.494 e. The first-order valence-corrected chi connectivity index (χ1v) is 9.45. The molecule has 0 radical (unpaired) electrons. The van der Waals surface area contributed by atoms with Crippen LogP contribution in [0.1, 0.15) is 12.5 Å². The predicted molar refractivity (Wildman–Crippen MR) is 104 cm³/mol. The van der Waals surface area contributed by atoms with Gasteiger partial charge in [-0.3, -0.25) is 4.79 Å². The van der Waals surface area contributed by atoms with Gasteiger partial charge in [0.2, 0.25) is 11.1 Å². The molecule has 7 nitrogen and oxygen atoms in total. The summed E-state index contributed by atoms with van der Waals surface area (Å²) in [6.45, 7) is 2.11. The minimum atomic E-state index is -0.432. The molecule has 0 unspecified atom stereocenters. The van der Waals surface area contributed by atoms with Crippen LogP contribution in [0.25, 0.3) is 5.69 Å². The van der Waals surface area contributed by atoms with Gasteiger partial charge >= 0.3 is 0 Å². The van der Waals surface area contributed by atoms with Crippen LogP contribution in [0.5, 0.6) is 5.75 Å². The van der Waals surface area contributed by atoms with Crippen LogP contribution in [0.4, 0.5) is 4.39 Å². The fraction of sp³-hybridized carbons (Fsp3) is 0.263. The molecule has 0 aliphatic carbocycles. The number of halogens is 1. The van der Waals surface area contributed by atoms with Gasteiger partial charge in [-0.25, -0.2) is 4.39 Å². The number of ether oxygens (including phenoxy) is 1. The third-order valence-corrected chi connectivity index (χ3v) is 5.09. The van der Waals surface area contributed by atoms with E-state index in [1.165, 1.54) is 23.9 Å². The molecular formula is C19H20FN5O2S. The summed E-state index contributed by atoms with van der Waals surface area (Å²) >= 11 is 1.25. The number of thioether (sulfide) groups is 1. The molecule has 1 amide bonds. The molecule has 1 aromatic heterocycles. The zero-order chi connectivity index (χ0) is 20.1. The molecule has 3 aromatic rings. The van der Waals surface area contributed by atoms with Crippen molar-refractivity contribution in [2.75, 3.05) is 14.2 Å². The number of nitrogens with zero attached hydrogens (tertiary/aromatic N) is 5. The van der Waals surface area contributed by atoms with Crippen molar-refractivity contribution in [3.05, 3.63) is 59.9 Å². The average molecular weight is 401 g/mol. The van der Waals surface area contributed by atoms with Crippen molar-refractivity contribution < 1.29 is 13.9 Å². The van der Waals surface area contributed by atoms with E-state index in [2.05, 4.69) is 15.5 Å². The molecule has 3 rings (SSSR count). The number of para-hydroxylation sites is 2. The van der Waals surface area contributed by atoms with E-state index in [1.807, 2.05) is 24.3 Å². The summed E-state index contributed by atoms with van der Waals surface area (Å²) in [6, 6.07) is 13.6. The number of hydrogen-bond donors (Lipinski definition) is 0. The number of amides is 1. The molecule has 2 aromatic carbocycles. The summed E-state index contributed by atoms with van der Waals surface area (Å²) in [7, 11) is 3.26. The Balaban J connectivity index is 1.72. The van der Waals surface area contributed by atoms with Crippen LogP contribution in [0.2, 0.25) is 0 Å². The SMILES string of the molecule is COc1ccccc1-n1nnnc1S[C@@H](C)C(=O)N(C)Cc1cccc(F)c1. The van der Waals surface area contributed by atoms with Crippen LogP contribution in [-0.2, 0) is 11.3 Å². The van der Waals surface area contributed by atoms with E-state index in [1.54, 1.807) is 42.8 Å². The number of tetrazole rings is 1. The topological polar surface area (TPSA) is 73.1 Å². The zero-order valence-corrected chi connectivity index (χ0v) is 16.6. The Bertz CT molecular complexity index is 965. The molecule has 146 valence electrons. The van der Waals surface area contributed by atoms with Crippen LogP contribution >= 0.6 is 11.8 Å². The Labute approximate surface area is 166 Å². The maximum Gasteiger partial charge on any atom is 0.235 e. The van der Waals surface area contributed by atoms with E-state index in [9.17, 15) is 9.18 Å². The van der Waals surface area contributed by atoms with E-state index >= 15 is 0 Å². The van der Waals surface area contributed by atoms with E-state index in [-0.39, 0.29) is 11.7 Å². The van der Waals surface area contributed by atoms with Crippen LogP contribution in [0.3, 0.4) is 0 Å². The van der Waals surface area contributed by atoms with Crippen molar-refractivity contribution >= 4 is 17.7 Å². The number of methoxy groups -OCH3 is 1. The number of benzene rings is 2. The molecule has 0 aliphatic rings. The van der Waals surface area contributed by atoms with Crippen molar-refractivity contribution in [2.24, 2.45) is 0 Å². The molecule has 28 heavy (non-hydrogen) atoms. The first-order valence-electron chi connectivity index (χ1n) is 8.57. The van der Waals surface area contributed by atoms with E-state index < -0.39 is 5.25 Å². The molecule has 0 N–H and O–H groups in total. The van der Waals surface area contributed by atoms with Crippen LogP contribution in [-0.4, -0.2) is 50.4 Å². The second-order valence-corrected chi connectivity index (χ2v) is 7.44. The van der Waals surface area contributed by atoms with E-state index in [0.29, 0.717) is 23.1 Å². The standard InChI is InChI=1S/C19H20FN5O2S/c1-13(18(26)24(2)12-14-7-6-8-15(20)11-14)28-19-21-22-23-25(19)16-9-4-5-10-17(16)27-3/h4-11,13H,12H2,1-3H3/t13-/m0/s1. The summed E-state index contributed by atoms with van der Waals surface area (Å²) in [5, 5.41) is 11.8. The van der Waals surface area contributed by atoms with Crippen LogP contribution < -0.4 is 4.74 Å². The second kappa shape index (κ2) is 8.83. The Morgan fingerprint density at radius 2 is 2.07 bits per heavy atom. The van der Waals surface area contributed by atoms with E-state index in [4.69, 9.17) is 4.74 Å². The van der Waals surface area contributed by atoms with Crippen molar-refractivity contribution in [3.8, 4) is 11.4 Å². The first-order chi connectivity index (χ1) is 13.5. The first kappa shape index (κ1) is 19.8. The Morgan fingerprint density at radius 3 is 2.82 bits per heavy atom. The molecule has 0 saturated heterocycles. The molecule has 0 spiro atoms. The summed E-state index contributed by atoms with van der Waals surface area (Å²) in [5.74, 6) is 0.194. The largest absolute Gasteiger partial charge is 0.494 e. The monoisotopic (exact) mass is 401 g/mol. The third-order valence-electron chi connectivity index (χ3n) is 4.07. The number of rotatable bonds is 7. The number of carbonyl (C=O) groups excluding carboxylic acids is 1. The highest BCUT2D eigenvalue weighted by atomic mass is 32.2. The van der Waals surface area contributed by atoms with Gasteiger partial charge in [0, 0.05) is 13.6 Å².